The van der Waals surface area contributed by atoms with Crippen LogP contribution in [0.15, 0.2) is 36.8 Å². The molecule has 0 aliphatic rings. The van der Waals surface area contributed by atoms with E-state index in [2.05, 4.69) is 15.3 Å². The van der Waals surface area contributed by atoms with Crippen LogP contribution in [0.4, 0.5) is 5.69 Å². The molecule has 0 aliphatic carbocycles. The highest BCUT2D eigenvalue weighted by Crippen LogP contribution is 2.17. The Morgan fingerprint density at radius 1 is 1.38 bits per heavy atom. The fourth-order valence-corrected chi connectivity index (χ4v) is 1.59. The first-order valence-electron chi connectivity index (χ1n) is 6.37. The first-order valence-corrected chi connectivity index (χ1v) is 6.37. The summed E-state index contributed by atoms with van der Waals surface area (Å²) in [5.41, 5.74) is 0.906. The lowest BCUT2D eigenvalue weighted by Crippen LogP contribution is -2.15. The van der Waals surface area contributed by atoms with Gasteiger partial charge < -0.3 is 19.8 Å². The van der Waals surface area contributed by atoms with Crippen molar-refractivity contribution in [3.63, 3.8) is 0 Å². The fraction of sp³-hybridized carbons (Fsp3) is 0.214. The van der Waals surface area contributed by atoms with Crippen molar-refractivity contribution >= 4 is 17.6 Å². The van der Waals surface area contributed by atoms with Crippen LogP contribution in [0.25, 0.3) is 0 Å². The van der Waals surface area contributed by atoms with E-state index in [1.807, 2.05) is 0 Å². The first kappa shape index (κ1) is 14.6. The quantitative estimate of drug-likeness (QED) is 0.788. The number of hydrogen-bond donors (Lipinski definition) is 2. The molecule has 2 aromatic rings. The maximum Gasteiger partial charge on any atom is 0.344 e. The standard InChI is InChI=1S/C14H15N3O4/c1-2-20-13(18)8-21-11-5-3-4-10(6-11)17-14(19)12-7-15-9-16-12/h3-7,9H,2,8H2,1H3,(H,15,16)(H,17,19). The van der Waals surface area contributed by atoms with Crippen molar-refractivity contribution in [3.8, 4) is 5.75 Å². The van der Waals surface area contributed by atoms with E-state index in [0.29, 0.717) is 23.7 Å². The molecule has 0 bridgehead atoms. The second kappa shape index (κ2) is 7.09. The summed E-state index contributed by atoms with van der Waals surface area (Å²) in [6, 6.07) is 6.73. The number of benzene rings is 1. The molecule has 2 N–H and O–H groups in total. The largest absolute Gasteiger partial charge is 0.482 e. The van der Waals surface area contributed by atoms with E-state index < -0.39 is 5.97 Å². The molecule has 1 heterocycles. The third-order valence-corrected chi connectivity index (χ3v) is 2.50. The number of imidazole rings is 1. The van der Waals surface area contributed by atoms with Crippen molar-refractivity contribution < 1.29 is 19.1 Å². The summed E-state index contributed by atoms with van der Waals surface area (Å²) in [6.45, 7) is 1.86. The molecule has 0 fully saturated rings. The summed E-state index contributed by atoms with van der Waals surface area (Å²) in [5.74, 6) is -0.287. The molecule has 0 aliphatic heterocycles. The third-order valence-electron chi connectivity index (χ3n) is 2.50. The van der Waals surface area contributed by atoms with Gasteiger partial charge in [-0.15, -0.1) is 0 Å². The van der Waals surface area contributed by atoms with E-state index in [9.17, 15) is 9.59 Å². The van der Waals surface area contributed by atoms with Gasteiger partial charge in [0.1, 0.15) is 11.4 Å². The second-order valence-electron chi connectivity index (χ2n) is 4.04. The molecule has 2 rings (SSSR count). The molecule has 0 atom stereocenters. The maximum absolute atomic E-state index is 11.8. The normalized spacial score (nSPS) is 9.95. The number of H-pyrrole nitrogens is 1. The van der Waals surface area contributed by atoms with Gasteiger partial charge in [0, 0.05) is 11.8 Å². The lowest BCUT2D eigenvalue weighted by atomic mass is 10.3. The van der Waals surface area contributed by atoms with Gasteiger partial charge >= 0.3 is 5.97 Å². The number of anilines is 1. The fourth-order valence-electron chi connectivity index (χ4n) is 1.59. The van der Waals surface area contributed by atoms with Gasteiger partial charge in [0.05, 0.1) is 19.1 Å². The SMILES string of the molecule is CCOC(=O)COc1cccc(NC(=O)c2cnc[nH]2)c1. The Labute approximate surface area is 121 Å². The molecule has 21 heavy (non-hydrogen) atoms. The topological polar surface area (TPSA) is 93.3 Å². The molecule has 1 aromatic heterocycles. The summed E-state index contributed by atoms with van der Waals surface area (Å²) in [5, 5.41) is 2.69. The summed E-state index contributed by atoms with van der Waals surface area (Å²) in [4.78, 5) is 29.5. The zero-order chi connectivity index (χ0) is 15.1. The number of amides is 1. The summed E-state index contributed by atoms with van der Waals surface area (Å²) in [6.07, 6.45) is 2.85. The first-order chi connectivity index (χ1) is 10.2. The van der Waals surface area contributed by atoms with Crippen LogP contribution in [0, 0.1) is 0 Å². The zero-order valence-electron chi connectivity index (χ0n) is 11.5. The van der Waals surface area contributed by atoms with Gasteiger partial charge in [-0.2, -0.15) is 0 Å². The van der Waals surface area contributed by atoms with Crippen LogP contribution >= 0.6 is 0 Å². The summed E-state index contributed by atoms with van der Waals surface area (Å²) < 4.78 is 10.0. The van der Waals surface area contributed by atoms with E-state index in [-0.39, 0.29) is 12.5 Å². The number of rotatable bonds is 6. The maximum atomic E-state index is 11.8. The van der Waals surface area contributed by atoms with Crippen LogP contribution in [-0.2, 0) is 9.53 Å². The highest BCUT2D eigenvalue weighted by Gasteiger charge is 2.08. The molecule has 0 saturated heterocycles. The predicted octanol–water partition coefficient (Wildman–Crippen LogP) is 1.60. The van der Waals surface area contributed by atoms with Gasteiger partial charge in [-0.1, -0.05) is 6.07 Å². The minimum absolute atomic E-state index is 0.175. The summed E-state index contributed by atoms with van der Waals surface area (Å²) in [7, 11) is 0. The summed E-state index contributed by atoms with van der Waals surface area (Å²) >= 11 is 0. The van der Waals surface area contributed by atoms with Crippen LogP contribution in [0.1, 0.15) is 17.4 Å². The van der Waals surface area contributed by atoms with Gasteiger partial charge in [0.15, 0.2) is 6.61 Å². The number of aromatic amines is 1. The van der Waals surface area contributed by atoms with Gasteiger partial charge in [-0.25, -0.2) is 9.78 Å². The molecule has 1 aromatic carbocycles. The molecule has 7 heteroatoms. The highest BCUT2D eigenvalue weighted by molar-refractivity contribution is 6.02. The number of hydrogen-bond acceptors (Lipinski definition) is 5. The van der Waals surface area contributed by atoms with E-state index >= 15 is 0 Å². The third kappa shape index (κ3) is 4.34. The average Bonchev–Trinajstić information content (AvgIpc) is 3.00. The van der Waals surface area contributed by atoms with Crippen molar-refractivity contribution in [3.05, 3.63) is 42.5 Å². The Morgan fingerprint density at radius 3 is 2.95 bits per heavy atom. The van der Waals surface area contributed by atoms with E-state index in [4.69, 9.17) is 9.47 Å². The number of aromatic nitrogens is 2. The molecule has 0 unspecified atom stereocenters. The predicted molar refractivity (Wildman–Crippen MR) is 75.1 cm³/mol. The Hall–Kier alpha value is -2.83. The molecular formula is C14H15N3O4. The molecule has 0 radical (unpaired) electrons. The van der Waals surface area contributed by atoms with Crippen molar-refractivity contribution in [2.45, 2.75) is 6.92 Å². The monoisotopic (exact) mass is 289 g/mol. The van der Waals surface area contributed by atoms with E-state index in [1.54, 1.807) is 31.2 Å². The lowest BCUT2D eigenvalue weighted by molar-refractivity contribution is -0.145. The van der Waals surface area contributed by atoms with Gasteiger partial charge in [-0.05, 0) is 19.1 Å². The number of ether oxygens (including phenoxy) is 2. The molecule has 1 amide bonds. The Morgan fingerprint density at radius 2 is 2.24 bits per heavy atom. The van der Waals surface area contributed by atoms with Crippen LogP contribution < -0.4 is 10.1 Å². The van der Waals surface area contributed by atoms with Gasteiger partial charge in [-0.3, -0.25) is 4.79 Å². The Kier molecular flexibility index (Phi) is 4.92. The number of carbonyl (C=O) groups is 2. The van der Waals surface area contributed by atoms with Crippen molar-refractivity contribution in [1.29, 1.82) is 0 Å². The van der Waals surface area contributed by atoms with Gasteiger partial charge in [0.2, 0.25) is 0 Å². The van der Waals surface area contributed by atoms with Crippen LogP contribution in [0.3, 0.4) is 0 Å². The van der Waals surface area contributed by atoms with Crippen LogP contribution in [0.5, 0.6) is 5.75 Å². The minimum atomic E-state index is -0.440. The highest BCUT2D eigenvalue weighted by atomic mass is 16.6. The zero-order valence-corrected chi connectivity index (χ0v) is 11.5. The van der Waals surface area contributed by atoms with Crippen molar-refractivity contribution in [2.24, 2.45) is 0 Å². The average molecular weight is 289 g/mol. The Balaban J connectivity index is 1.94. The smallest absolute Gasteiger partial charge is 0.344 e. The van der Waals surface area contributed by atoms with Crippen LogP contribution in [-0.4, -0.2) is 35.1 Å². The number of carbonyl (C=O) groups excluding carboxylic acids is 2. The molecular weight excluding hydrogens is 274 g/mol. The molecule has 7 nitrogen and oxygen atoms in total. The number of nitrogens with zero attached hydrogens (tertiary/aromatic N) is 1. The number of esters is 1. The Bertz CT molecular complexity index is 610. The lowest BCUT2D eigenvalue weighted by Gasteiger charge is -2.08. The second-order valence-corrected chi connectivity index (χ2v) is 4.04. The van der Waals surface area contributed by atoms with Crippen LogP contribution in [0.2, 0.25) is 0 Å². The molecule has 0 spiro atoms. The van der Waals surface area contributed by atoms with Gasteiger partial charge in [0.25, 0.3) is 5.91 Å². The number of nitrogens with one attached hydrogen (secondary N) is 2. The van der Waals surface area contributed by atoms with Crippen molar-refractivity contribution in [2.75, 3.05) is 18.5 Å². The van der Waals surface area contributed by atoms with E-state index in [0.717, 1.165) is 0 Å². The molecule has 110 valence electrons. The minimum Gasteiger partial charge on any atom is -0.482 e. The van der Waals surface area contributed by atoms with Crippen molar-refractivity contribution in [1.82, 2.24) is 9.97 Å². The molecule has 0 saturated carbocycles. The van der Waals surface area contributed by atoms with E-state index in [1.165, 1.54) is 12.5 Å².